The summed E-state index contributed by atoms with van der Waals surface area (Å²) in [5, 5.41) is 2.96. The molecule has 0 atom stereocenters. The van der Waals surface area contributed by atoms with E-state index in [-0.39, 0.29) is 5.91 Å². The van der Waals surface area contributed by atoms with Crippen molar-refractivity contribution in [1.29, 1.82) is 0 Å². The number of hydrogen-bond acceptors (Lipinski definition) is 3. The Labute approximate surface area is 115 Å². The molecule has 0 bridgehead atoms. The average Bonchev–Trinajstić information content (AvgIpc) is 3.00. The van der Waals surface area contributed by atoms with Crippen LogP contribution in [0, 0.1) is 3.57 Å². The minimum atomic E-state index is 0.0629. The topological polar surface area (TPSA) is 58.4 Å². The predicted molar refractivity (Wildman–Crippen MR) is 78.0 cm³/mol. The van der Waals surface area contributed by atoms with Gasteiger partial charge in [-0.3, -0.25) is 4.79 Å². The molecule has 1 aliphatic rings. The zero-order chi connectivity index (χ0) is 12.4. The zero-order valence-electron chi connectivity index (χ0n) is 9.74. The second-order valence-electron chi connectivity index (χ2n) is 4.40. The SMILES string of the molecule is CN(CC(=O)NC1CC1)c1ccc(I)cc1N. The third-order valence-corrected chi connectivity index (χ3v) is 3.40. The number of carbonyl (C=O) groups excluding carboxylic acids is 1. The molecule has 1 saturated carbocycles. The molecule has 3 N–H and O–H groups in total. The van der Waals surface area contributed by atoms with Crippen LogP contribution in [0.4, 0.5) is 11.4 Å². The minimum absolute atomic E-state index is 0.0629. The predicted octanol–water partition coefficient (Wildman–Crippen LogP) is 1.59. The van der Waals surface area contributed by atoms with E-state index in [4.69, 9.17) is 5.73 Å². The van der Waals surface area contributed by atoms with Crippen LogP contribution in [0.25, 0.3) is 0 Å². The maximum absolute atomic E-state index is 11.7. The number of carbonyl (C=O) groups is 1. The van der Waals surface area contributed by atoms with E-state index in [1.54, 1.807) is 0 Å². The molecule has 0 unspecified atom stereocenters. The molecule has 1 fully saturated rings. The van der Waals surface area contributed by atoms with Crippen molar-refractivity contribution in [2.75, 3.05) is 24.2 Å². The van der Waals surface area contributed by atoms with Crippen LogP contribution >= 0.6 is 22.6 Å². The molecule has 0 radical (unpaired) electrons. The summed E-state index contributed by atoms with van der Waals surface area (Å²) in [5.41, 5.74) is 7.54. The van der Waals surface area contributed by atoms with Crippen molar-refractivity contribution in [3.05, 3.63) is 21.8 Å². The molecule has 1 aromatic rings. The average molecular weight is 345 g/mol. The number of likely N-dealkylation sites (N-methyl/N-ethyl adjacent to an activating group) is 1. The van der Waals surface area contributed by atoms with Gasteiger partial charge in [0.25, 0.3) is 0 Å². The normalized spacial score (nSPS) is 14.5. The van der Waals surface area contributed by atoms with Gasteiger partial charge in [0.15, 0.2) is 0 Å². The third kappa shape index (κ3) is 3.49. The number of nitrogen functional groups attached to an aromatic ring is 1. The van der Waals surface area contributed by atoms with Crippen LogP contribution < -0.4 is 16.0 Å². The summed E-state index contributed by atoms with van der Waals surface area (Å²) in [6.07, 6.45) is 2.22. The number of nitrogens with two attached hydrogens (primary N) is 1. The maximum atomic E-state index is 11.7. The van der Waals surface area contributed by atoms with E-state index in [1.807, 2.05) is 30.1 Å². The van der Waals surface area contributed by atoms with Crippen LogP contribution in [-0.2, 0) is 4.79 Å². The number of nitrogens with zero attached hydrogens (tertiary/aromatic N) is 1. The first-order chi connectivity index (χ1) is 8.06. The Morgan fingerprint density at radius 1 is 1.59 bits per heavy atom. The molecule has 0 aliphatic heterocycles. The van der Waals surface area contributed by atoms with E-state index in [0.717, 1.165) is 22.1 Å². The molecule has 0 aromatic heterocycles. The number of benzene rings is 1. The van der Waals surface area contributed by atoms with Gasteiger partial charge in [0.2, 0.25) is 5.91 Å². The highest BCUT2D eigenvalue weighted by atomic mass is 127. The number of rotatable bonds is 4. The Hall–Kier alpha value is -0.980. The third-order valence-electron chi connectivity index (χ3n) is 2.72. The number of amides is 1. The van der Waals surface area contributed by atoms with Crippen molar-refractivity contribution in [2.45, 2.75) is 18.9 Å². The molecular weight excluding hydrogens is 329 g/mol. The lowest BCUT2D eigenvalue weighted by Gasteiger charge is -2.20. The first-order valence-corrected chi connectivity index (χ1v) is 6.69. The van der Waals surface area contributed by atoms with Gasteiger partial charge in [0, 0.05) is 16.7 Å². The largest absolute Gasteiger partial charge is 0.397 e. The van der Waals surface area contributed by atoms with Gasteiger partial charge >= 0.3 is 0 Å². The van der Waals surface area contributed by atoms with Gasteiger partial charge in [-0.25, -0.2) is 0 Å². The molecule has 1 aliphatic carbocycles. The smallest absolute Gasteiger partial charge is 0.239 e. The molecule has 4 nitrogen and oxygen atoms in total. The molecule has 5 heteroatoms. The Morgan fingerprint density at radius 2 is 2.29 bits per heavy atom. The number of anilines is 2. The Kier molecular flexibility index (Phi) is 3.76. The summed E-state index contributed by atoms with van der Waals surface area (Å²) in [6, 6.07) is 6.25. The van der Waals surface area contributed by atoms with E-state index in [1.165, 1.54) is 0 Å². The highest BCUT2D eigenvalue weighted by molar-refractivity contribution is 14.1. The number of hydrogen-bond donors (Lipinski definition) is 2. The summed E-state index contributed by atoms with van der Waals surface area (Å²) < 4.78 is 1.10. The first kappa shape index (κ1) is 12.5. The molecule has 0 spiro atoms. The summed E-state index contributed by atoms with van der Waals surface area (Å²) >= 11 is 2.22. The molecule has 0 saturated heterocycles. The monoisotopic (exact) mass is 345 g/mol. The van der Waals surface area contributed by atoms with Crippen molar-refractivity contribution in [3.8, 4) is 0 Å². The van der Waals surface area contributed by atoms with Crippen molar-refractivity contribution < 1.29 is 4.79 Å². The highest BCUT2D eigenvalue weighted by Gasteiger charge is 2.23. The van der Waals surface area contributed by atoms with Crippen LogP contribution in [0.1, 0.15) is 12.8 Å². The second-order valence-corrected chi connectivity index (χ2v) is 5.65. The quantitative estimate of drug-likeness (QED) is 0.644. The fraction of sp³-hybridized carbons (Fsp3) is 0.417. The molecule has 92 valence electrons. The molecule has 0 heterocycles. The number of nitrogens with one attached hydrogen (secondary N) is 1. The fourth-order valence-electron chi connectivity index (χ4n) is 1.67. The highest BCUT2D eigenvalue weighted by Crippen LogP contribution is 2.24. The summed E-state index contributed by atoms with van der Waals surface area (Å²) in [6.45, 7) is 0.349. The fourth-order valence-corrected chi connectivity index (χ4v) is 2.19. The van der Waals surface area contributed by atoms with Crippen molar-refractivity contribution in [1.82, 2.24) is 5.32 Å². The molecule has 1 aromatic carbocycles. The first-order valence-electron chi connectivity index (χ1n) is 5.62. The van der Waals surface area contributed by atoms with Gasteiger partial charge < -0.3 is 16.0 Å². The van der Waals surface area contributed by atoms with Crippen molar-refractivity contribution in [3.63, 3.8) is 0 Å². The molecular formula is C12H16IN3O. The van der Waals surface area contributed by atoms with Gasteiger partial charge in [-0.2, -0.15) is 0 Å². The lowest BCUT2D eigenvalue weighted by atomic mass is 10.2. The Balaban J connectivity index is 1.97. The van der Waals surface area contributed by atoms with E-state index in [0.29, 0.717) is 18.3 Å². The van der Waals surface area contributed by atoms with Crippen LogP contribution in [0.3, 0.4) is 0 Å². The standard InChI is InChI=1S/C12H16IN3O/c1-16(7-12(17)15-9-3-4-9)11-5-2-8(13)6-10(11)14/h2,5-6,9H,3-4,7,14H2,1H3,(H,15,17). The maximum Gasteiger partial charge on any atom is 0.239 e. The molecule has 17 heavy (non-hydrogen) atoms. The summed E-state index contributed by atoms with van der Waals surface area (Å²) in [7, 11) is 1.88. The van der Waals surface area contributed by atoms with E-state index in [9.17, 15) is 4.79 Å². The van der Waals surface area contributed by atoms with E-state index in [2.05, 4.69) is 27.9 Å². The van der Waals surface area contributed by atoms with Gasteiger partial charge in [0.05, 0.1) is 17.9 Å². The van der Waals surface area contributed by atoms with Crippen LogP contribution in [-0.4, -0.2) is 25.5 Å². The van der Waals surface area contributed by atoms with Crippen molar-refractivity contribution in [2.24, 2.45) is 0 Å². The second kappa shape index (κ2) is 5.12. The van der Waals surface area contributed by atoms with Gasteiger partial charge in [-0.05, 0) is 53.6 Å². The Bertz CT molecular complexity index is 432. The lowest BCUT2D eigenvalue weighted by Crippen LogP contribution is -2.36. The van der Waals surface area contributed by atoms with Gasteiger partial charge in [-0.15, -0.1) is 0 Å². The molecule has 1 amide bonds. The van der Waals surface area contributed by atoms with E-state index >= 15 is 0 Å². The van der Waals surface area contributed by atoms with Gasteiger partial charge in [-0.1, -0.05) is 0 Å². The van der Waals surface area contributed by atoms with E-state index < -0.39 is 0 Å². The minimum Gasteiger partial charge on any atom is -0.397 e. The van der Waals surface area contributed by atoms with Crippen LogP contribution in [0.2, 0.25) is 0 Å². The number of halogens is 1. The zero-order valence-corrected chi connectivity index (χ0v) is 11.9. The molecule has 2 rings (SSSR count). The summed E-state index contributed by atoms with van der Waals surface area (Å²) in [5.74, 6) is 0.0629. The summed E-state index contributed by atoms with van der Waals surface area (Å²) in [4.78, 5) is 13.5. The van der Waals surface area contributed by atoms with Crippen molar-refractivity contribution >= 4 is 39.9 Å². The lowest BCUT2D eigenvalue weighted by molar-refractivity contribution is -0.119. The van der Waals surface area contributed by atoms with Crippen LogP contribution in [0.15, 0.2) is 18.2 Å². The Morgan fingerprint density at radius 3 is 2.88 bits per heavy atom. The van der Waals surface area contributed by atoms with Gasteiger partial charge in [0.1, 0.15) is 0 Å². The van der Waals surface area contributed by atoms with Crippen LogP contribution in [0.5, 0.6) is 0 Å².